The summed E-state index contributed by atoms with van der Waals surface area (Å²) in [5.41, 5.74) is 7.87. The summed E-state index contributed by atoms with van der Waals surface area (Å²) in [6, 6.07) is 11.0. The second-order valence-corrected chi connectivity index (χ2v) is 4.09. The van der Waals surface area contributed by atoms with Crippen LogP contribution in [-0.4, -0.2) is 12.1 Å². The highest BCUT2D eigenvalue weighted by Crippen LogP contribution is 2.22. The lowest BCUT2D eigenvalue weighted by Gasteiger charge is -2.12. The van der Waals surface area contributed by atoms with Gasteiger partial charge in [0.25, 0.3) is 0 Å². The van der Waals surface area contributed by atoms with Crippen molar-refractivity contribution in [1.29, 1.82) is 0 Å². The van der Waals surface area contributed by atoms with Crippen LogP contribution in [0.15, 0.2) is 42.6 Å². The topological polar surface area (TPSA) is 48.1 Å². The van der Waals surface area contributed by atoms with Crippen LogP contribution in [0.2, 0.25) is 5.02 Å². The first kappa shape index (κ1) is 11.9. The van der Waals surface area contributed by atoms with E-state index in [1.165, 1.54) is 0 Å². The molecule has 2 rings (SSSR count). The smallest absolute Gasteiger partial charge is 0.119 e. The molecule has 1 unspecified atom stereocenters. The van der Waals surface area contributed by atoms with Gasteiger partial charge >= 0.3 is 0 Å². The van der Waals surface area contributed by atoms with Crippen molar-refractivity contribution in [3.63, 3.8) is 0 Å². The van der Waals surface area contributed by atoms with Gasteiger partial charge < -0.3 is 10.5 Å². The molecule has 17 heavy (non-hydrogen) atoms. The van der Waals surface area contributed by atoms with E-state index in [0.717, 1.165) is 17.0 Å². The van der Waals surface area contributed by atoms with Gasteiger partial charge in [-0.25, -0.2) is 0 Å². The fourth-order valence-corrected chi connectivity index (χ4v) is 1.69. The molecule has 3 nitrogen and oxygen atoms in total. The Morgan fingerprint density at radius 3 is 2.76 bits per heavy atom. The Bertz CT molecular complexity index is 499. The molecule has 1 atom stereocenters. The maximum absolute atomic E-state index is 6.13. The SMILES string of the molecule is COc1cccc(C(N)c2ccc(Cl)cn2)c1. The van der Waals surface area contributed by atoms with Gasteiger partial charge in [0.05, 0.1) is 23.9 Å². The zero-order valence-corrected chi connectivity index (χ0v) is 10.2. The van der Waals surface area contributed by atoms with Crippen molar-refractivity contribution in [2.45, 2.75) is 6.04 Å². The summed E-state index contributed by atoms with van der Waals surface area (Å²) >= 11 is 5.79. The van der Waals surface area contributed by atoms with Crippen molar-refractivity contribution < 1.29 is 4.74 Å². The van der Waals surface area contributed by atoms with Gasteiger partial charge in [-0.05, 0) is 29.8 Å². The van der Waals surface area contributed by atoms with Crippen LogP contribution in [0.5, 0.6) is 5.75 Å². The quantitative estimate of drug-likeness (QED) is 0.909. The first-order valence-corrected chi connectivity index (χ1v) is 5.59. The maximum atomic E-state index is 6.13. The molecule has 0 aliphatic heterocycles. The molecule has 1 heterocycles. The number of halogens is 1. The van der Waals surface area contributed by atoms with Crippen LogP contribution in [-0.2, 0) is 0 Å². The van der Waals surface area contributed by atoms with Crippen LogP contribution in [0.1, 0.15) is 17.3 Å². The number of methoxy groups -OCH3 is 1. The lowest BCUT2D eigenvalue weighted by atomic mass is 10.0. The number of ether oxygens (including phenoxy) is 1. The van der Waals surface area contributed by atoms with Gasteiger partial charge in [-0.1, -0.05) is 23.7 Å². The molecule has 0 fully saturated rings. The van der Waals surface area contributed by atoms with Gasteiger partial charge in [0.2, 0.25) is 0 Å². The molecular formula is C13H13ClN2O. The predicted molar refractivity (Wildman–Crippen MR) is 68.3 cm³/mol. The lowest BCUT2D eigenvalue weighted by Crippen LogP contribution is -2.13. The largest absolute Gasteiger partial charge is 0.497 e. The number of hydrogen-bond acceptors (Lipinski definition) is 3. The second kappa shape index (κ2) is 5.17. The third-order valence-electron chi connectivity index (χ3n) is 2.52. The van der Waals surface area contributed by atoms with Gasteiger partial charge in [-0.2, -0.15) is 0 Å². The fraction of sp³-hybridized carbons (Fsp3) is 0.154. The second-order valence-electron chi connectivity index (χ2n) is 3.66. The lowest BCUT2D eigenvalue weighted by molar-refractivity contribution is 0.414. The average Bonchev–Trinajstić information content (AvgIpc) is 2.39. The summed E-state index contributed by atoms with van der Waals surface area (Å²) in [6.07, 6.45) is 1.59. The molecule has 0 aliphatic carbocycles. The zero-order chi connectivity index (χ0) is 12.3. The Hall–Kier alpha value is -1.58. The van der Waals surface area contributed by atoms with Crippen molar-refractivity contribution in [2.24, 2.45) is 5.73 Å². The standard InChI is InChI=1S/C13H13ClN2O/c1-17-11-4-2-3-9(7-11)13(15)12-6-5-10(14)8-16-12/h2-8,13H,15H2,1H3. The van der Waals surface area contributed by atoms with E-state index in [4.69, 9.17) is 22.1 Å². The van der Waals surface area contributed by atoms with Crippen molar-refractivity contribution in [1.82, 2.24) is 4.98 Å². The van der Waals surface area contributed by atoms with Crippen molar-refractivity contribution in [2.75, 3.05) is 7.11 Å². The number of pyridine rings is 1. The maximum Gasteiger partial charge on any atom is 0.119 e. The van der Waals surface area contributed by atoms with Crippen LogP contribution in [0.25, 0.3) is 0 Å². The molecule has 4 heteroatoms. The molecule has 0 radical (unpaired) electrons. The Morgan fingerprint density at radius 1 is 1.29 bits per heavy atom. The van der Waals surface area contributed by atoms with E-state index in [1.807, 2.05) is 30.3 Å². The Balaban J connectivity index is 2.29. The monoisotopic (exact) mass is 248 g/mol. The van der Waals surface area contributed by atoms with Gasteiger partial charge in [-0.3, -0.25) is 4.98 Å². The van der Waals surface area contributed by atoms with E-state index < -0.39 is 0 Å². The highest BCUT2D eigenvalue weighted by molar-refractivity contribution is 6.30. The van der Waals surface area contributed by atoms with E-state index in [9.17, 15) is 0 Å². The van der Waals surface area contributed by atoms with E-state index in [1.54, 1.807) is 19.4 Å². The first-order valence-electron chi connectivity index (χ1n) is 5.21. The molecule has 0 saturated carbocycles. The third-order valence-corrected chi connectivity index (χ3v) is 2.75. The van der Waals surface area contributed by atoms with Crippen molar-refractivity contribution >= 4 is 11.6 Å². The first-order chi connectivity index (χ1) is 8.20. The normalized spacial score (nSPS) is 12.2. The minimum atomic E-state index is -0.276. The molecule has 2 N–H and O–H groups in total. The molecule has 0 saturated heterocycles. The molecule has 2 aromatic rings. The van der Waals surface area contributed by atoms with E-state index in [2.05, 4.69) is 4.98 Å². The van der Waals surface area contributed by atoms with Crippen molar-refractivity contribution in [3.8, 4) is 5.75 Å². The number of nitrogens with zero attached hydrogens (tertiary/aromatic N) is 1. The third kappa shape index (κ3) is 2.75. The van der Waals surface area contributed by atoms with Gasteiger partial charge in [0.15, 0.2) is 0 Å². The van der Waals surface area contributed by atoms with Crippen LogP contribution in [0.4, 0.5) is 0 Å². The highest BCUT2D eigenvalue weighted by atomic mass is 35.5. The van der Waals surface area contributed by atoms with E-state index >= 15 is 0 Å². The minimum Gasteiger partial charge on any atom is -0.497 e. The minimum absolute atomic E-state index is 0.276. The van der Waals surface area contributed by atoms with Crippen LogP contribution < -0.4 is 10.5 Å². The van der Waals surface area contributed by atoms with E-state index in [-0.39, 0.29) is 6.04 Å². The molecule has 0 aliphatic rings. The van der Waals surface area contributed by atoms with Crippen LogP contribution in [0, 0.1) is 0 Å². The van der Waals surface area contributed by atoms with Gasteiger partial charge in [0.1, 0.15) is 5.75 Å². The Morgan fingerprint density at radius 2 is 2.12 bits per heavy atom. The molecule has 0 spiro atoms. The number of nitrogens with two attached hydrogens (primary N) is 1. The molecule has 1 aromatic heterocycles. The molecular weight excluding hydrogens is 236 g/mol. The van der Waals surface area contributed by atoms with Crippen LogP contribution >= 0.6 is 11.6 Å². The molecule has 1 aromatic carbocycles. The predicted octanol–water partition coefficient (Wildman–Crippen LogP) is 2.79. The zero-order valence-electron chi connectivity index (χ0n) is 9.43. The highest BCUT2D eigenvalue weighted by Gasteiger charge is 2.10. The number of hydrogen-bond donors (Lipinski definition) is 1. The number of benzene rings is 1. The van der Waals surface area contributed by atoms with Gasteiger partial charge in [0, 0.05) is 6.20 Å². The summed E-state index contributed by atoms with van der Waals surface area (Å²) in [5, 5.41) is 0.603. The summed E-state index contributed by atoms with van der Waals surface area (Å²) < 4.78 is 5.16. The average molecular weight is 249 g/mol. The Labute approximate surface area is 105 Å². The Kier molecular flexibility index (Phi) is 3.61. The summed E-state index contributed by atoms with van der Waals surface area (Å²) in [5.74, 6) is 0.784. The summed E-state index contributed by atoms with van der Waals surface area (Å²) in [7, 11) is 1.63. The molecule has 0 bridgehead atoms. The van der Waals surface area contributed by atoms with E-state index in [0.29, 0.717) is 5.02 Å². The summed E-state index contributed by atoms with van der Waals surface area (Å²) in [4.78, 5) is 4.21. The number of rotatable bonds is 3. The van der Waals surface area contributed by atoms with Gasteiger partial charge in [-0.15, -0.1) is 0 Å². The summed E-state index contributed by atoms with van der Waals surface area (Å²) in [6.45, 7) is 0. The van der Waals surface area contributed by atoms with Crippen LogP contribution in [0.3, 0.4) is 0 Å². The molecule has 0 amide bonds. The molecule has 88 valence electrons. The van der Waals surface area contributed by atoms with Crippen molar-refractivity contribution in [3.05, 3.63) is 58.9 Å². The fourth-order valence-electron chi connectivity index (χ4n) is 1.58. The number of aromatic nitrogens is 1.